The van der Waals surface area contributed by atoms with E-state index in [2.05, 4.69) is 10.5 Å². The number of hydrogen-bond acceptors (Lipinski definition) is 4. The third-order valence-electron chi connectivity index (χ3n) is 3.38. The van der Waals surface area contributed by atoms with Crippen LogP contribution in [-0.4, -0.2) is 29.8 Å². The van der Waals surface area contributed by atoms with Crippen molar-refractivity contribution in [1.29, 1.82) is 0 Å². The average Bonchev–Trinajstić information content (AvgIpc) is 2.97. The minimum absolute atomic E-state index is 0.0130. The van der Waals surface area contributed by atoms with E-state index in [0.29, 0.717) is 23.4 Å². The number of ether oxygens (including phenoxy) is 1. The number of rotatable bonds is 4. The molecule has 0 spiro atoms. The van der Waals surface area contributed by atoms with Gasteiger partial charge < -0.3 is 14.6 Å². The molecule has 5 nitrogen and oxygen atoms in total. The fourth-order valence-electron chi connectivity index (χ4n) is 2.32. The molecule has 0 saturated carbocycles. The maximum absolute atomic E-state index is 12.2. The molecule has 1 N–H and O–H groups in total. The normalized spacial score (nSPS) is 20.9. The molecule has 0 aliphatic carbocycles. The molecule has 1 fully saturated rings. The average molecular weight is 252 g/mol. The second kappa shape index (κ2) is 5.52. The second-order valence-corrected chi connectivity index (χ2v) is 4.73. The van der Waals surface area contributed by atoms with Crippen molar-refractivity contribution < 1.29 is 14.1 Å². The SMILES string of the molecule is CCc1noc(C)c1C(=O)N[C@H](C)[C@H]1CCCO1. The maximum atomic E-state index is 12.2. The van der Waals surface area contributed by atoms with Crippen LogP contribution in [0.25, 0.3) is 0 Å². The molecule has 1 saturated heterocycles. The predicted molar refractivity (Wildman–Crippen MR) is 66.5 cm³/mol. The third kappa shape index (κ3) is 2.56. The Morgan fingerprint density at radius 2 is 2.39 bits per heavy atom. The van der Waals surface area contributed by atoms with Crippen LogP contribution in [0.2, 0.25) is 0 Å². The molecule has 18 heavy (non-hydrogen) atoms. The van der Waals surface area contributed by atoms with Crippen LogP contribution >= 0.6 is 0 Å². The van der Waals surface area contributed by atoms with Crippen molar-refractivity contribution in [2.24, 2.45) is 0 Å². The standard InChI is InChI=1S/C13H20N2O3/c1-4-10-12(9(3)18-15-10)13(16)14-8(2)11-6-5-7-17-11/h8,11H,4-7H2,1-3H3,(H,14,16)/t8-,11-/m1/s1. The summed E-state index contributed by atoms with van der Waals surface area (Å²) in [5, 5.41) is 6.87. The summed E-state index contributed by atoms with van der Waals surface area (Å²) in [6, 6.07) is 0.0130. The van der Waals surface area contributed by atoms with Crippen LogP contribution in [0, 0.1) is 6.92 Å². The van der Waals surface area contributed by atoms with E-state index in [-0.39, 0.29) is 18.1 Å². The molecule has 2 atom stereocenters. The predicted octanol–water partition coefficient (Wildman–Crippen LogP) is 1.84. The Hall–Kier alpha value is -1.36. The highest BCUT2D eigenvalue weighted by Crippen LogP contribution is 2.18. The van der Waals surface area contributed by atoms with Crippen molar-refractivity contribution in [3.05, 3.63) is 17.0 Å². The number of hydrogen-bond donors (Lipinski definition) is 1. The summed E-state index contributed by atoms with van der Waals surface area (Å²) in [7, 11) is 0. The van der Waals surface area contributed by atoms with Gasteiger partial charge in [-0.05, 0) is 33.1 Å². The molecule has 5 heteroatoms. The van der Waals surface area contributed by atoms with Crippen LogP contribution < -0.4 is 5.32 Å². The molecule has 2 heterocycles. The quantitative estimate of drug-likeness (QED) is 0.888. The Bertz CT molecular complexity index is 422. The van der Waals surface area contributed by atoms with Crippen LogP contribution in [0.5, 0.6) is 0 Å². The number of amides is 1. The molecule has 100 valence electrons. The highest BCUT2D eigenvalue weighted by molar-refractivity contribution is 5.96. The zero-order chi connectivity index (χ0) is 13.1. The van der Waals surface area contributed by atoms with Gasteiger partial charge in [0.25, 0.3) is 5.91 Å². The summed E-state index contributed by atoms with van der Waals surface area (Å²) in [6.07, 6.45) is 2.88. The lowest BCUT2D eigenvalue weighted by Crippen LogP contribution is -2.41. The number of aryl methyl sites for hydroxylation is 2. The first kappa shape index (κ1) is 13.1. The molecule has 0 bridgehead atoms. The topological polar surface area (TPSA) is 64.4 Å². The van der Waals surface area contributed by atoms with Crippen LogP contribution in [0.15, 0.2) is 4.52 Å². The minimum Gasteiger partial charge on any atom is -0.376 e. The van der Waals surface area contributed by atoms with E-state index in [1.54, 1.807) is 6.92 Å². The van der Waals surface area contributed by atoms with Gasteiger partial charge in [-0.25, -0.2) is 0 Å². The van der Waals surface area contributed by atoms with Crippen molar-refractivity contribution >= 4 is 5.91 Å². The van der Waals surface area contributed by atoms with Crippen molar-refractivity contribution in [2.75, 3.05) is 6.61 Å². The Morgan fingerprint density at radius 3 is 3.00 bits per heavy atom. The minimum atomic E-state index is -0.117. The molecule has 2 rings (SSSR count). The molecule has 1 aliphatic rings. The lowest BCUT2D eigenvalue weighted by Gasteiger charge is -2.19. The first-order valence-electron chi connectivity index (χ1n) is 6.51. The zero-order valence-corrected chi connectivity index (χ0v) is 11.2. The molecular formula is C13H20N2O3. The number of carbonyl (C=O) groups excluding carboxylic acids is 1. The van der Waals surface area contributed by atoms with E-state index < -0.39 is 0 Å². The molecule has 1 aromatic rings. The molecule has 0 unspecified atom stereocenters. The van der Waals surface area contributed by atoms with E-state index in [0.717, 1.165) is 19.4 Å². The first-order chi connectivity index (χ1) is 8.63. The summed E-state index contributed by atoms with van der Waals surface area (Å²) >= 11 is 0. The Kier molecular flexibility index (Phi) is 4.01. The smallest absolute Gasteiger partial charge is 0.257 e. The van der Waals surface area contributed by atoms with E-state index >= 15 is 0 Å². The van der Waals surface area contributed by atoms with Gasteiger partial charge in [0.2, 0.25) is 0 Å². The summed E-state index contributed by atoms with van der Waals surface area (Å²) in [5.74, 6) is 0.456. The molecule has 0 aromatic carbocycles. The second-order valence-electron chi connectivity index (χ2n) is 4.73. The van der Waals surface area contributed by atoms with E-state index in [4.69, 9.17) is 9.26 Å². The molecule has 1 aromatic heterocycles. The fourth-order valence-corrected chi connectivity index (χ4v) is 2.32. The van der Waals surface area contributed by atoms with Gasteiger partial charge in [-0.2, -0.15) is 0 Å². The van der Waals surface area contributed by atoms with Crippen LogP contribution in [0.4, 0.5) is 0 Å². The first-order valence-corrected chi connectivity index (χ1v) is 6.51. The van der Waals surface area contributed by atoms with Crippen LogP contribution in [0.1, 0.15) is 48.5 Å². The zero-order valence-electron chi connectivity index (χ0n) is 11.2. The summed E-state index contributed by atoms with van der Waals surface area (Å²) in [6.45, 7) is 6.48. The van der Waals surface area contributed by atoms with Crippen LogP contribution in [-0.2, 0) is 11.2 Å². The highest BCUT2D eigenvalue weighted by atomic mass is 16.5. The van der Waals surface area contributed by atoms with Crippen LogP contribution in [0.3, 0.4) is 0 Å². The Labute approximate surface area is 107 Å². The van der Waals surface area contributed by atoms with E-state index in [9.17, 15) is 4.79 Å². The maximum Gasteiger partial charge on any atom is 0.257 e. The number of aromatic nitrogens is 1. The van der Waals surface area contributed by atoms with Gasteiger partial charge in [-0.1, -0.05) is 12.1 Å². The lowest BCUT2D eigenvalue weighted by atomic mass is 10.1. The number of nitrogens with zero attached hydrogens (tertiary/aromatic N) is 1. The summed E-state index contributed by atoms with van der Waals surface area (Å²) in [5.41, 5.74) is 1.28. The largest absolute Gasteiger partial charge is 0.376 e. The van der Waals surface area contributed by atoms with Gasteiger partial charge in [0.1, 0.15) is 11.3 Å². The Balaban J connectivity index is 2.04. The monoisotopic (exact) mass is 252 g/mol. The van der Waals surface area contributed by atoms with Gasteiger partial charge in [0.15, 0.2) is 0 Å². The van der Waals surface area contributed by atoms with Gasteiger partial charge in [-0.15, -0.1) is 0 Å². The molecule has 0 radical (unpaired) electrons. The highest BCUT2D eigenvalue weighted by Gasteiger charge is 2.26. The summed E-state index contributed by atoms with van der Waals surface area (Å²) < 4.78 is 10.6. The summed E-state index contributed by atoms with van der Waals surface area (Å²) in [4.78, 5) is 12.2. The van der Waals surface area contributed by atoms with E-state index in [1.165, 1.54) is 0 Å². The van der Waals surface area contributed by atoms with E-state index in [1.807, 2.05) is 13.8 Å². The van der Waals surface area contributed by atoms with Crippen molar-refractivity contribution in [2.45, 2.75) is 52.2 Å². The van der Waals surface area contributed by atoms with Crippen molar-refractivity contribution in [3.63, 3.8) is 0 Å². The molecule has 1 aliphatic heterocycles. The third-order valence-corrected chi connectivity index (χ3v) is 3.38. The number of carbonyl (C=O) groups is 1. The van der Waals surface area contributed by atoms with Gasteiger partial charge in [-0.3, -0.25) is 4.79 Å². The number of nitrogens with one attached hydrogen (secondary N) is 1. The Morgan fingerprint density at radius 1 is 1.61 bits per heavy atom. The van der Waals surface area contributed by atoms with Crippen molar-refractivity contribution in [1.82, 2.24) is 10.5 Å². The van der Waals surface area contributed by atoms with Gasteiger partial charge in [0, 0.05) is 6.61 Å². The van der Waals surface area contributed by atoms with Crippen molar-refractivity contribution in [3.8, 4) is 0 Å². The molecular weight excluding hydrogens is 232 g/mol. The van der Waals surface area contributed by atoms with Gasteiger partial charge in [0.05, 0.1) is 17.8 Å². The fraction of sp³-hybridized carbons (Fsp3) is 0.692. The molecule has 1 amide bonds. The van der Waals surface area contributed by atoms with Gasteiger partial charge >= 0.3 is 0 Å². The lowest BCUT2D eigenvalue weighted by molar-refractivity contribution is 0.0711.